The van der Waals surface area contributed by atoms with Gasteiger partial charge in [-0.15, -0.1) is 5.10 Å². The number of nitrogens with one attached hydrogen (secondary N) is 1. The molecule has 0 aliphatic carbocycles. The number of aromatic nitrogens is 5. The standard InChI is InChI=1S/C25H21FN6O2/c1-3-12-34-19-10-6-16(7-11-19)20-13-22(33)29-24-23(20)15(2)31-32(24)25-28-21(14-27-30-25)17-4-8-18(26)9-5-17/h3-11,14,20H,1,12-13H2,2H3,(H,29,33). The molecule has 0 saturated carbocycles. The second-order valence-corrected chi connectivity index (χ2v) is 7.88. The minimum Gasteiger partial charge on any atom is -0.490 e. The number of halogens is 1. The number of amides is 1. The van der Waals surface area contributed by atoms with Crippen molar-refractivity contribution in [2.45, 2.75) is 19.3 Å². The maximum atomic E-state index is 13.3. The molecule has 1 unspecified atom stereocenters. The van der Waals surface area contributed by atoms with E-state index in [0.29, 0.717) is 30.1 Å². The Hall–Kier alpha value is -4.40. The normalized spacial score (nSPS) is 14.9. The molecule has 0 saturated heterocycles. The Morgan fingerprint density at radius 1 is 1.21 bits per heavy atom. The minimum absolute atomic E-state index is 0.131. The number of ether oxygens (including phenoxy) is 1. The van der Waals surface area contributed by atoms with Crippen molar-refractivity contribution in [3.63, 3.8) is 0 Å². The van der Waals surface area contributed by atoms with E-state index in [1.54, 1.807) is 18.2 Å². The van der Waals surface area contributed by atoms with Crippen molar-refractivity contribution in [3.8, 4) is 23.0 Å². The highest BCUT2D eigenvalue weighted by Gasteiger charge is 2.33. The van der Waals surface area contributed by atoms with Gasteiger partial charge in [0.15, 0.2) is 0 Å². The molecule has 0 spiro atoms. The number of anilines is 1. The average Bonchev–Trinajstić information content (AvgIpc) is 3.19. The zero-order valence-electron chi connectivity index (χ0n) is 18.4. The van der Waals surface area contributed by atoms with Crippen LogP contribution in [-0.2, 0) is 4.79 Å². The number of benzene rings is 2. The lowest BCUT2D eigenvalue weighted by Gasteiger charge is -2.24. The number of carbonyl (C=O) groups is 1. The maximum absolute atomic E-state index is 13.3. The largest absolute Gasteiger partial charge is 0.490 e. The molecule has 0 radical (unpaired) electrons. The van der Waals surface area contributed by atoms with Crippen molar-refractivity contribution in [2.75, 3.05) is 11.9 Å². The lowest BCUT2D eigenvalue weighted by Crippen LogP contribution is -2.25. The van der Waals surface area contributed by atoms with Crippen molar-refractivity contribution in [1.82, 2.24) is 25.0 Å². The number of nitrogens with zero attached hydrogens (tertiary/aromatic N) is 5. The van der Waals surface area contributed by atoms with Gasteiger partial charge in [-0.25, -0.2) is 9.37 Å². The lowest BCUT2D eigenvalue weighted by molar-refractivity contribution is -0.116. The first-order chi connectivity index (χ1) is 16.5. The van der Waals surface area contributed by atoms with Crippen LogP contribution in [0.15, 0.2) is 67.4 Å². The molecule has 1 amide bonds. The zero-order valence-corrected chi connectivity index (χ0v) is 18.4. The first kappa shape index (κ1) is 21.4. The van der Waals surface area contributed by atoms with Crippen LogP contribution in [0.3, 0.4) is 0 Å². The summed E-state index contributed by atoms with van der Waals surface area (Å²) in [5, 5.41) is 15.7. The molecule has 8 nitrogen and oxygen atoms in total. The highest BCUT2D eigenvalue weighted by molar-refractivity contribution is 5.95. The summed E-state index contributed by atoms with van der Waals surface area (Å²) >= 11 is 0. The van der Waals surface area contributed by atoms with Gasteiger partial charge in [0.25, 0.3) is 5.95 Å². The molecule has 5 rings (SSSR count). The van der Waals surface area contributed by atoms with Gasteiger partial charge in [-0.3, -0.25) is 4.79 Å². The van der Waals surface area contributed by atoms with E-state index in [9.17, 15) is 9.18 Å². The molecule has 9 heteroatoms. The third kappa shape index (κ3) is 4.03. The van der Waals surface area contributed by atoms with E-state index in [2.05, 4.69) is 32.2 Å². The van der Waals surface area contributed by atoms with Gasteiger partial charge in [0, 0.05) is 23.5 Å². The van der Waals surface area contributed by atoms with Crippen LogP contribution < -0.4 is 10.1 Å². The number of fused-ring (bicyclic) bond motifs is 1. The predicted molar refractivity (Wildman–Crippen MR) is 124 cm³/mol. The fourth-order valence-corrected chi connectivity index (χ4v) is 4.07. The molecule has 34 heavy (non-hydrogen) atoms. The van der Waals surface area contributed by atoms with E-state index in [1.807, 2.05) is 31.2 Å². The van der Waals surface area contributed by atoms with Crippen LogP contribution >= 0.6 is 0 Å². The molecule has 2 aromatic carbocycles. The third-order valence-electron chi connectivity index (χ3n) is 5.63. The van der Waals surface area contributed by atoms with E-state index in [0.717, 1.165) is 22.6 Å². The van der Waals surface area contributed by atoms with Gasteiger partial charge in [0.05, 0.1) is 17.6 Å². The molecule has 170 valence electrons. The molecule has 4 aromatic rings. The van der Waals surface area contributed by atoms with E-state index >= 15 is 0 Å². The first-order valence-electron chi connectivity index (χ1n) is 10.7. The summed E-state index contributed by atoms with van der Waals surface area (Å²) < 4.78 is 20.4. The Morgan fingerprint density at radius 3 is 2.71 bits per heavy atom. The Balaban J connectivity index is 1.53. The van der Waals surface area contributed by atoms with Gasteiger partial charge in [-0.05, 0) is 48.9 Å². The molecular formula is C25H21FN6O2. The van der Waals surface area contributed by atoms with E-state index in [4.69, 9.17) is 4.74 Å². The second kappa shape index (κ2) is 8.86. The van der Waals surface area contributed by atoms with E-state index in [1.165, 1.54) is 23.0 Å². The SMILES string of the molecule is C=CCOc1ccc(C2CC(=O)Nc3c2c(C)nn3-c2nncc(-c3ccc(F)cc3)n2)cc1. The van der Waals surface area contributed by atoms with Crippen LogP contribution in [0.25, 0.3) is 17.2 Å². The van der Waals surface area contributed by atoms with Gasteiger partial charge in [0.1, 0.15) is 24.0 Å². The topological polar surface area (TPSA) is 94.8 Å². The van der Waals surface area contributed by atoms with Crippen molar-refractivity contribution in [3.05, 3.63) is 90.0 Å². The van der Waals surface area contributed by atoms with Gasteiger partial charge < -0.3 is 10.1 Å². The van der Waals surface area contributed by atoms with Gasteiger partial charge in [-0.1, -0.05) is 24.8 Å². The number of hydrogen-bond donors (Lipinski definition) is 1. The summed E-state index contributed by atoms with van der Waals surface area (Å²) in [5.41, 5.74) is 3.83. The van der Waals surface area contributed by atoms with Crippen LogP contribution in [-0.4, -0.2) is 37.5 Å². The zero-order chi connectivity index (χ0) is 23.7. The molecule has 0 bridgehead atoms. The first-order valence-corrected chi connectivity index (χ1v) is 10.7. The molecule has 1 N–H and O–H groups in total. The van der Waals surface area contributed by atoms with Gasteiger partial charge in [-0.2, -0.15) is 14.9 Å². The molecule has 3 heterocycles. The fraction of sp³-hybridized carbons (Fsp3) is 0.160. The second-order valence-electron chi connectivity index (χ2n) is 7.88. The quantitative estimate of drug-likeness (QED) is 0.437. The summed E-state index contributed by atoms with van der Waals surface area (Å²) in [6.07, 6.45) is 3.48. The van der Waals surface area contributed by atoms with Crippen LogP contribution in [0, 0.1) is 12.7 Å². The highest BCUT2D eigenvalue weighted by atomic mass is 19.1. The Morgan fingerprint density at radius 2 is 1.97 bits per heavy atom. The minimum atomic E-state index is -0.336. The van der Waals surface area contributed by atoms with Crippen LogP contribution in [0.1, 0.15) is 29.2 Å². The molecule has 1 atom stereocenters. The lowest BCUT2D eigenvalue weighted by atomic mass is 9.86. The molecule has 0 fully saturated rings. The Bertz CT molecular complexity index is 1370. The number of rotatable bonds is 6. The summed E-state index contributed by atoms with van der Waals surface area (Å²) in [5.74, 6) is 0.807. The predicted octanol–water partition coefficient (Wildman–Crippen LogP) is 4.21. The van der Waals surface area contributed by atoms with E-state index < -0.39 is 0 Å². The van der Waals surface area contributed by atoms with E-state index in [-0.39, 0.29) is 23.6 Å². The van der Waals surface area contributed by atoms with Crippen LogP contribution in [0.4, 0.5) is 10.2 Å². The highest BCUT2D eigenvalue weighted by Crippen LogP contribution is 2.40. The van der Waals surface area contributed by atoms with Crippen molar-refractivity contribution < 1.29 is 13.9 Å². The molecular weight excluding hydrogens is 435 g/mol. The van der Waals surface area contributed by atoms with Gasteiger partial charge in [0.2, 0.25) is 5.91 Å². The number of aryl methyl sites for hydroxylation is 1. The third-order valence-corrected chi connectivity index (χ3v) is 5.63. The Kier molecular flexibility index (Phi) is 5.59. The smallest absolute Gasteiger partial charge is 0.272 e. The monoisotopic (exact) mass is 456 g/mol. The number of hydrogen-bond acceptors (Lipinski definition) is 6. The molecule has 1 aliphatic rings. The van der Waals surface area contributed by atoms with Crippen LogP contribution in [0.2, 0.25) is 0 Å². The van der Waals surface area contributed by atoms with Gasteiger partial charge >= 0.3 is 0 Å². The summed E-state index contributed by atoms with van der Waals surface area (Å²) in [4.78, 5) is 17.2. The van der Waals surface area contributed by atoms with Crippen LogP contribution in [0.5, 0.6) is 5.75 Å². The molecule has 1 aliphatic heterocycles. The summed E-state index contributed by atoms with van der Waals surface area (Å²) in [7, 11) is 0. The van der Waals surface area contributed by atoms with Crippen molar-refractivity contribution in [2.24, 2.45) is 0 Å². The number of carbonyl (C=O) groups excluding carboxylic acids is 1. The summed E-state index contributed by atoms with van der Waals surface area (Å²) in [6.45, 7) is 5.97. The van der Waals surface area contributed by atoms with Crippen molar-refractivity contribution in [1.29, 1.82) is 0 Å². The molecule has 2 aromatic heterocycles. The average molecular weight is 456 g/mol. The Labute approximate surface area is 195 Å². The van der Waals surface area contributed by atoms with Crippen molar-refractivity contribution >= 4 is 11.7 Å². The fourth-order valence-electron chi connectivity index (χ4n) is 4.07. The maximum Gasteiger partial charge on any atom is 0.272 e. The summed E-state index contributed by atoms with van der Waals surface area (Å²) in [6, 6.07) is 13.6.